The van der Waals surface area contributed by atoms with Gasteiger partial charge in [0, 0.05) is 31.5 Å². The number of piperidine rings is 1. The zero-order chi connectivity index (χ0) is 24.8. The molecule has 0 bridgehead atoms. The Bertz CT molecular complexity index is 1020. The minimum Gasteiger partial charge on any atom is -0.481 e. The molecule has 2 aromatic carbocycles. The van der Waals surface area contributed by atoms with Crippen molar-refractivity contribution < 1.29 is 24.2 Å². The lowest BCUT2D eigenvalue weighted by molar-refractivity contribution is -0.147. The molecule has 4 rings (SSSR count). The summed E-state index contributed by atoms with van der Waals surface area (Å²) in [6, 6.07) is 16.6. The van der Waals surface area contributed by atoms with E-state index in [0.29, 0.717) is 39.0 Å². The molecule has 1 heterocycles. The molecule has 0 radical (unpaired) electrons. The second kappa shape index (κ2) is 11.4. The van der Waals surface area contributed by atoms with E-state index in [0.717, 1.165) is 19.3 Å². The van der Waals surface area contributed by atoms with Crippen LogP contribution in [0.2, 0.25) is 0 Å². The van der Waals surface area contributed by atoms with Gasteiger partial charge in [-0.3, -0.25) is 9.59 Å². The summed E-state index contributed by atoms with van der Waals surface area (Å²) in [6.45, 7) is 3.07. The van der Waals surface area contributed by atoms with Crippen LogP contribution in [0.4, 0.5) is 4.79 Å². The third kappa shape index (κ3) is 5.84. The normalized spacial score (nSPS) is 19.1. The maximum Gasteiger partial charge on any atom is 0.407 e. The Morgan fingerprint density at radius 2 is 1.63 bits per heavy atom. The van der Waals surface area contributed by atoms with E-state index in [9.17, 15) is 19.5 Å². The molecule has 1 aliphatic carbocycles. The number of rotatable bonds is 9. The Kier molecular flexibility index (Phi) is 8.06. The van der Waals surface area contributed by atoms with Crippen LogP contribution in [0.5, 0.6) is 0 Å². The van der Waals surface area contributed by atoms with E-state index >= 15 is 0 Å². The van der Waals surface area contributed by atoms with Crippen LogP contribution in [0.3, 0.4) is 0 Å². The molecule has 2 unspecified atom stereocenters. The Balaban J connectivity index is 1.14. The van der Waals surface area contributed by atoms with Gasteiger partial charge in [-0.25, -0.2) is 4.79 Å². The molecule has 1 fully saturated rings. The summed E-state index contributed by atoms with van der Waals surface area (Å²) in [5.41, 5.74) is 4.76. The van der Waals surface area contributed by atoms with Crippen molar-refractivity contribution in [3.8, 4) is 11.1 Å². The second-order valence-electron chi connectivity index (χ2n) is 9.57. The molecule has 0 aromatic heterocycles. The van der Waals surface area contributed by atoms with Crippen molar-refractivity contribution in [2.75, 3.05) is 19.7 Å². The average molecular weight is 479 g/mol. The van der Waals surface area contributed by atoms with Gasteiger partial charge in [0.25, 0.3) is 0 Å². The zero-order valence-corrected chi connectivity index (χ0v) is 20.2. The number of nitrogens with zero attached hydrogens (tertiary/aromatic N) is 1. The zero-order valence-electron chi connectivity index (χ0n) is 20.2. The third-order valence-electron chi connectivity index (χ3n) is 7.23. The lowest BCUT2D eigenvalue weighted by Crippen LogP contribution is -2.47. The molecule has 0 spiro atoms. The van der Waals surface area contributed by atoms with E-state index in [2.05, 4.69) is 29.6 Å². The third-order valence-corrected chi connectivity index (χ3v) is 7.23. The molecule has 2 amide bonds. The van der Waals surface area contributed by atoms with E-state index in [-0.39, 0.29) is 17.9 Å². The molecule has 7 heteroatoms. The van der Waals surface area contributed by atoms with Crippen molar-refractivity contribution in [3.05, 3.63) is 59.7 Å². The number of unbranched alkanes of at least 4 members (excludes halogenated alkanes) is 2. The van der Waals surface area contributed by atoms with Crippen molar-refractivity contribution in [3.63, 3.8) is 0 Å². The number of carbonyl (C=O) groups is 3. The second-order valence-corrected chi connectivity index (χ2v) is 9.57. The number of amides is 2. The first-order valence-electron chi connectivity index (χ1n) is 12.6. The number of benzene rings is 2. The fourth-order valence-electron chi connectivity index (χ4n) is 5.22. The Morgan fingerprint density at radius 1 is 0.971 bits per heavy atom. The van der Waals surface area contributed by atoms with E-state index < -0.39 is 18.0 Å². The number of carbonyl (C=O) groups excluding carboxylic acids is 2. The van der Waals surface area contributed by atoms with E-state index in [1.165, 1.54) is 22.3 Å². The van der Waals surface area contributed by atoms with Crippen molar-refractivity contribution in [1.29, 1.82) is 0 Å². The van der Waals surface area contributed by atoms with Gasteiger partial charge in [-0.05, 0) is 54.9 Å². The van der Waals surface area contributed by atoms with Crippen LogP contribution >= 0.6 is 0 Å². The largest absolute Gasteiger partial charge is 0.481 e. The molecule has 2 atom stereocenters. The molecular formula is C28H34N2O5. The molecule has 7 nitrogen and oxygen atoms in total. The fraction of sp³-hybridized carbons (Fsp3) is 0.464. The van der Waals surface area contributed by atoms with E-state index in [1.54, 1.807) is 4.90 Å². The van der Waals surface area contributed by atoms with Crippen LogP contribution < -0.4 is 5.32 Å². The highest BCUT2D eigenvalue weighted by Crippen LogP contribution is 2.44. The summed E-state index contributed by atoms with van der Waals surface area (Å²) < 4.78 is 5.55. The number of nitrogens with one attached hydrogen (secondary N) is 1. The summed E-state index contributed by atoms with van der Waals surface area (Å²) in [5, 5.41) is 12.1. The molecule has 2 aromatic rings. The van der Waals surface area contributed by atoms with Crippen LogP contribution in [0.25, 0.3) is 11.1 Å². The number of carboxylic acid groups (broad SMARTS) is 1. The van der Waals surface area contributed by atoms with Gasteiger partial charge in [-0.1, -0.05) is 55.0 Å². The molecule has 0 saturated carbocycles. The molecule has 2 N–H and O–H groups in total. The van der Waals surface area contributed by atoms with E-state index in [1.807, 2.05) is 31.2 Å². The highest BCUT2D eigenvalue weighted by atomic mass is 16.5. The lowest BCUT2D eigenvalue weighted by atomic mass is 9.93. The maximum atomic E-state index is 12.5. The van der Waals surface area contributed by atoms with Gasteiger partial charge in [0.15, 0.2) is 0 Å². The Labute approximate surface area is 206 Å². The predicted molar refractivity (Wildman–Crippen MR) is 133 cm³/mol. The van der Waals surface area contributed by atoms with Gasteiger partial charge in [0.05, 0.1) is 5.92 Å². The summed E-state index contributed by atoms with van der Waals surface area (Å²) in [7, 11) is 0. The molecule has 1 saturated heterocycles. The van der Waals surface area contributed by atoms with Crippen molar-refractivity contribution in [2.24, 2.45) is 5.92 Å². The lowest BCUT2D eigenvalue weighted by Gasteiger charge is -2.36. The van der Waals surface area contributed by atoms with Crippen molar-refractivity contribution >= 4 is 18.0 Å². The van der Waals surface area contributed by atoms with Crippen molar-refractivity contribution in [2.45, 2.75) is 57.4 Å². The summed E-state index contributed by atoms with van der Waals surface area (Å²) in [6.07, 6.45) is 3.61. The smallest absolute Gasteiger partial charge is 0.407 e. The van der Waals surface area contributed by atoms with Gasteiger partial charge in [-0.2, -0.15) is 0 Å². The summed E-state index contributed by atoms with van der Waals surface area (Å²) >= 11 is 0. The highest BCUT2D eigenvalue weighted by Gasteiger charge is 2.32. The highest BCUT2D eigenvalue weighted by molar-refractivity contribution is 5.79. The molecule has 2 aliphatic rings. The number of alkyl carbamates (subject to hydrolysis) is 1. The number of fused-ring (bicyclic) bond motifs is 3. The van der Waals surface area contributed by atoms with Gasteiger partial charge in [-0.15, -0.1) is 0 Å². The monoisotopic (exact) mass is 478 g/mol. The minimum absolute atomic E-state index is 0.0212. The van der Waals surface area contributed by atoms with E-state index in [4.69, 9.17) is 4.74 Å². The van der Waals surface area contributed by atoms with Crippen LogP contribution in [0.15, 0.2) is 48.5 Å². The number of aliphatic carboxylic acids is 1. The topological polar surface area (TPSA) is 95.9 Å². The number of carboxylic acids is 1. The van der Waals surface area contributed by atoms with Gasteiger partial charge in [0.1, 0.15) is 6.61 Å². The van der Waals surface area contributed by atoms with Crippen LogP contribution in [0.1, 0.15) is 62.5 Å². The number of likely N-dealkylation sites (tertiary alicyclic amines) is 1. The van der Waals surface area contributed by atoms with Crippen molar-refractivity contribution in [1.82, 2.24) is 10.2 Å². The van der Waals surface area contributed by atoms with Crippen LogP contribution in [-0.2, 0) is 14.3 Å². The minimum atomic E-state index is -0.825. The first kappa shape index (κ1) is 24.8. The van der Waals surface area contributed by atoms with Gasteiger partial charge >= 0.3 is 12.1 Å². The first-order valence-corrected chi connectivity index (χ1v) is 12.6. The Hall–Kier alpha value is -3.35. The predicted octanol–water partition coefficient (Wildman–Crippen LogP) is 4.80. The molecule has 1 aliphatic heterocycles. The fourth-order valence-corrected chi connectivity index (χ4v) is 5.22. The Morgan fingerprint density at radius 3 is 2.29 bits per heavy atom. The maximum absolute atomic E-state index is 12.5. The SMILES string of the molecule is CC1CCC(C(=O)O)CN1C(=O)CCCCCNC(=O)OCC1c2ccccc2-c2ccccc21. The van der Waals surface area contributed by atoms with Gasteiger partial charge < -0.3 is 20.1 Å². The number of hydrogen-bond donors (Lipinski definition) is 2. The van der Waals surface area contributed by atoms with Gasteiger partial charge in [0.2, 0.25) is 5.91 Å². The summed E-state index contributed by atoms with van der Waals surface area (Å²) in [5.74, 6) is -1.23. The summed E-state index contributed by atoms with van der Waals surface area (Å²) in [4.78, 5) is 37.8. The van der Waals surface area contributed by atoms with Crippen LogP contribution in [0, 0.1) is 5.92 Å². The molecule has 35 heavy (non-hydrogen) atoms. The standard InChI is InChI=1S/C28H34N2O5/c1-19-14-15-20(27(32)33)17-30(19)26(31)13-3-2-8-16-29-28(34)35-18-25-23-11-6-4-9-21(23)22-10-5-7-12-24(22)25/h4-7,9-12,19-20,25H,2-3,8,13-18H2,1H3,(H,29,34)(H,32,33). The molecular weight excluding hydrogens is 444 g/mol. The molecule has 186 valence electrons. The van der Waals surface area contributed by atoms with Crippen LogP contribution in [-0.4, -0.2) is 53.7 Å². The number of hydrogen-bond acceptors (Lipinski definition) is 4. The first-order chi connectivity index (χ1) is 17.0. The number of ether oxygens (including phenoxy) is 1. The average Bonchev–Trinajstić information content (AvgIpc) is 3.18. The quantitative estimate of drug-likeness (QED) is 0.505.